The molecule has 3 amide bonds. The van der Waals surface area contributed by atoms with Crippen LogP contribution >= 0.6 is 11.8 Å². The lowest BCUT2D eigenvalue weighted by Crippen LogP contribution is -2.43. The number of carbonyl (C=O) groups is 2. The molecule has 2 aliphatic rings. The second kappa shape index (κ2) is 11.8. The molecule has 1 fully saturated rings. The number of anilines is 3. The number of thioether (sulfide) groups is 1. The van der Waals surface area contributed by atoms with Crippen LogP contribution in [0.1, 0.15) is 24.9 Å². The summed E-state index contributed by atoms with van der Waals surface area (Å²) in [7, 11) is 1.54. The highest BCUT2D eigenvalue weighted by molar-refractivity contribution is 8.13. The number of nitrogens with one attached hydrogen (secondary N) is 3. The number of amides is 3. The first-order chi connectivity index (χ1) is 19.3. The third kappa shape index (κ3) is 5.79. The van der Waals surface area contributed by atoms with Crippen molar-refractivity contribution < 1.29 is 23.1 Å². The van der Waals surface area contributed by atoms with E-state index >= 15 is 0 Å². The van der Waals surface area contributed by atoms with Gasteiger partial charge in [-0.15, -0.1) is 0 Å². The smallest absolute Gasteiger partial charge is 0.323 e. The Kier molecular flexibility index (Phi) is 8.01. The molecule has 8 nitrogen and oxygen atoms in total. The summed E-state index contributed by atoms with van der Waals surface area (Å²) in [5.41, 5.74) is 2.67. The Morgan fingerprint density at radius 1 is 1.00 bits per heavy atom. The van der Waals surface area contributed by atoms with Gasteiger partial charge < -0.3 is 25.6 Å². The molecular formula is C29H27F2N5O3S. The minimum atomic E-state index is -0.883. The summed E-state index contributed by atoms with van der Waals surface area (Å²) < 4.78 is 32.7. The van der Waals surface area contributed by atoms with E-state index in [1.54, 1.807) is 49.2 Å². The molecule has 206 valence electrons. The number of ether oxygens (including phenoxy) is 1. The number of aliphatic imine (C=N–C) groups is 1. The van der Waals surface area contributed by atoms with Crippen molar-refractivity contribution in [3.8, 4) is 5.75 Å². The maximum atomic E-state index is 14.0. The number of para-hydroxylation sites is 2. The van der Waals surface area contributed by atoms with Gasteiger partial charge in [-0.2, -0.15) is 0 Å². The molecule has 11 heteroatoms. The molecule has 3 aromatic carbocycles. The first kappa shape index (κ1) is 27.2. The van der Waals surface area contributed by atoms with Crippen LogP contribution in [-0.2, 0) is 4.79 Å². The second-order valence-corrected chi connectivity index (χ2v) is 10.2. The average Bonchev–Trinajstić information content (AvgIpc) is 2.94. The van der Waals surface area contributed by atoms with Crippen molar-refractivity contribution in [2.45, 2.75) is 19.4 Å². The summed E-state index contributed by atoms with van der Waals surface area (Å²) in [5.74, 6) is -0.467. The van der Waals surface area contributed by atoms with E-state index in [1.165, 1.54) is 0 Å². The topological polar surface area (TPSA) is 95.1 Å². The summed E-state index contributed by atoms with van der Waals surface area (Å²) in [6.07, 6.45) is 0.921. The number of amidine groups is 1. The molecule has 0 spiro atoms. The van der Waals surface area contributed by atoms with Gasteiger partial charge in [-0.1, -0.05) is 36.0 Å². The third-order valence-electron chi connectivity index (χ3n) is 6.50. The van der Waals surface area contributed by atoms with Crippen molar-refractivity contribution in [2.75, 3.05) is 35.4 Å². The van der Waals surface area contributed by atoms with Gasteiger partial charge in [-0.3, -0.25) is 4.79 Å². The zero-order valence-electron chi connectivity index (χ0n) is 21.8. The van der Waals surface area contributed by atoms with E-state index in [9.17, 15) is 18.4 Å². The minimum Gasteiger partial charge on any atom is -0.495 e. The monoisotopic (exact) mass is 563 g/mol. The highest BCUT2D eigenvalue weighted by atomic mass is 32.2. The van der Waals surface area contributed by atoms with Crippen LogP contribution in [0.25, 0.3) is 0 Å². The number of carbonyl (C=O) groups excluding carboxylic acids is 2. The molecule has 40 heavy (non-hydrogen) atoms. The minimum absolute atomic E-state index is 0.151. The van der Waals surface area contributed by atoms with Gasteiger partial charge in [0, 0.05) is 24.1 Å². The van der Waals surface area contributed by atoms with Crippen molar-refractivity contribution >= 4 is 45.9 Å². The molecule has 3 N–H and O–H groups in total. The predicted octanol–water partition coefficient (Wildman–Crippen LogP) is 6.38. The number of hydrogen-bond acceptors (Lipinski definition) is 6. The fourth-order valence-corrected chi connectivity index (χ4v) is 5.73. The molecule has 0 aliphatic carbocycles. The molecule has 0 saturated carbocycles. The van der Waals surface area contributed by atoms with Crippen LogP contribution in [0.15, 0.2) is 83.0 Å². The highest BCUT2D eigenvalue weighted by Gasteiger charge is 2.37. The molecule has 0 bridgehead atoms. The number of allylic oxidation sites excluding steroid dienone is 1. The Morgan fingerprint density at radius 2 is 1.82 bits per heavy atom. The molecule has 2 aliphatic heterocycles. The summed E-state index contributed by atoms with van der Waals surface area (Å²) in [6, 6.07) is 16.1. The largest absolute Gasteiger partial charge is 0.495 e. The number of halogens is 2. The van der Waals surface area contributed by atoms with Crippen LogP contribution < -0.4 is 20.7 Å². The van der Waals surface area contributed by atoms with Crippen molar-refractivity contribution in [1.82, 2.24) is 4.90 Å². The molecule has 1 atom stereocenters. The summed E-state index contributed by atoms with van der Waals surface area (Å²) >= 11 is 1.64. The Labute approximate surface area is 234 Å². The predicted molar refractivity (Wildman–Crippen MR) is 154 cm³/mol. The number of fused-ring (bicyclic) bond motifs is 1. The van der Waals surface area contributed by atoms with Gasteiger partial charge in [0.1, 0.15) is 17.4 Å². The first-order valence-electron chi connectivity index (χ1n) is 12.6. The van der Waals surface area contributed by atoms with E-state index in [1.807, 2.05) is 25.1 Å². The maximum Gasteiger partial charge on any atom is 0.323 e. The highest BCUT2D eigenvalue weighted by Crippen LogP contribution is 2.40. The Morgan fingerprint density at radius 3 is 2.62 bits per heavy atom. The zero-order valence-corrected chi connectivity index (χ0v) is 22.6. The van der Waals surface area contributed by atoms with Gasteiger partial charge in [-0.05, 0) is 55.3 Å². The molecule has 0 aromatic heterocycles. The van der Waals surface area contributed by atoms with E-state index in [0.717, 1.165) is 35.0 Å². The van der Waals surface area contributed by atoms with Crippen molar-refractivity contribution in [2.24, 2.45) is 4.99 Å². The number of nitrogens with zero attached hydrogens (tertiary/aromatic N) is 2. The number of urea groups is 1. The summed E-state index contributed by atoms with van der Waals surface area (Å²) in [4.78, 5) is 33.2. The number of hydrogen-bond donors (Lipinski definition) is 3. The van der Waals surface area contributed by atoms with Gasteiger partial charge in [0.05, 0.1) is 35.8 Å². The lowest BCUT2D eigenvalue weighted by atomic mass is 9.93. The van der Waals surface area contributed by atoms with Gasteiger partial charge >= 0.3 is 6.03 Å². The van der Waals surface area contributed by atoms with E-state index in [0.29, 0.717) is 41.0 Å². The molecule has 2 heterocycles. The van der Waals surface area contributed by atoms with Crippen LogP contribution in [0.4, 0.5) is 30.6 Å². The molecule has 3 aromatic rings. The van der Waals surface area contributed by atoms with Crippen molar-refractivity contribution in [1.29, 1.82) is 0 Å². The van der Waals surface area contributed by atoms with E-state index in [-0.39, 0.29) is 11.6 Å². The fraction of sp³-hybridized carbons (Fsp3) is 0.207. The van der Waals surface area contributed by atoms with E-state index in [2.05, 4.69) is 20.9 Å². The zero-order chi connectivity index (χ0) is 28.2. The lowest BCUT2D eigenvalue weighted by molar-refractivity contribution is -0.113. The van der Waals surface area contributed by atoms with Crippen molar-refractivity contribution in [3.63, 3.8) is 0 Å². The van der Waals surface area contributed by atoms with Crippen LogP contribution in [0, 0.1) is 11.6 Å². The molecular weight excluding hydrogens is 536 g/mol. The number of benzene rings is 3. The third-order valence-corrected chi connectivity index (χ3v) is 7.57. The fourth-order valence-electron chi connectivity index (χ4n) is 4.70. The van der Waals surface area contributed by atoms with Crippen LogP contribution in [-0.4, -0.2) is 41.4 Å². The Bertz CT molecular complexity index is 1530. The molecule has 1 saturated heterocycles. The van der Waals surface area contributed by atoms with Gasteiger partial charge in [0.25, 0.3) is 5.91 Å². The van der Waals surface area contributed by atoms with Crippen molar-refractivity contribution in [3.05, 3.63) is 95.2 Å². The number of rotatable bonds is 6. The SMILES string of the molecule is COc1ccccc1NC(=O)C1=C(C)N=C2SCCCN2C1c1cccc(NC(=O)Nc2ccc(F)cc2F)c1. The average molecular weight is 564 g/mol. The second-order valence-electron chi connectivity index (χ2n) is 9.17. The molecule has 0 radical (unpaired) electrons. The van der Waals surface area contributed by atoms with E-state index in [4.69, 9.17) is 9.73 Å². The number of methoxy groups -OCH3 is 1. The maximum absolute atomic E-state index is 14.0. The first-order valence-corrected chi connectivity index (χ1v) is 13.6. The van der Waals surface area contributed by atoms with Gasteiger partial charge in [0.2, 0.25) is 0 Å². The summed E-state index contributed by atoms with van der Waals surface area (Å²) in [6.45, 7) is 2.52. The Hall–Kier alpha value is -4.38. The quantitative estimate of drug-likeness (QED) is 0.324. The van der Waals surface area contributed by atoms with Gasteiger partial charge in [-0.25, -0.2) is 18.6 Å². The van der Waals surface area contributed by atoms with Crippen LogP contribution in [0.2, 0.25) is 0 Å². The normalized spacial score (nSPS) is 16.6. The standard InChI is InChI=1S/C29H27F2N5O3S/c1-17-25(27(37)34-23-9-3-4-10-24(23)39-2)26(36-13-6-14-40-29(36)32-17)18-7-5-8-20(15-18)33-28(38)35-22-12-11-19(30)16-21(22)31/h3-5,7-12,15-16,26H,6,13-14H2,1-2H3,(H,34,37)(H2,33,35,38). The van der Waals surface area contributed by atoms with Gasteiger partial charge in [0.15, 0.2) is 5.17 Å². The van der Waals surface area contributed by atoms with Crippen LogP contribution in [0.5, 0.6) is 5.75 Å². The molecule has 1 unspecified atom stereocenters. The lowest BCUT2D eigenvalue weighted by Gasteiger charge is -2.41. The summed E-state index contributed by atoms with van der Waals surface area (Å²) in [5, 5.41) is 8.90. The molecule has 5 rings (SSSR count). The van der Waals surface area contributed by atoms with Crippen LogP contribution in [0.3, 0.4) is 0 Å². The van der Waals surface area contributed by atoms with E-state index < -0.39 is 23.7 Å². The Balaban J connectivity index is 1.44.